The van der Waals surface area contributed by atoms with Crippen LogP contribution in [0.4, 0.5) is 11.4 Å². The van der Waals surface area contributed by atoms with Crippen molar-refractivity contribution < 1.29 is 0 Å². The predicted molar refractivity (Wildman–Crippen MR) is 98.6 cm³/mol. The SMILES string of the molecule is CCNc1ccc(C(=C(C)C)c2ccc(NCC)cc2)cc1. The van der Waals surface area contributed by atoms with Crippen LogP contribution in [-0.4, -0.2) is 13.1 Å². The van der Waals surface area contributed by atoms with Crippen LogP contribution in [0.1, 0.15) is 38.8 Å². The van der Waals surface area contributed by atoms with Crippen LogP contribution in [0.15, 0.2) is 54.1 Å². The molecule has 0 atom stereocenters. The lowest BCUT2D eigenvalue weighted by Crippen LogP contribution is -1.98. The van der Waals surface area contributed by atoms with E-state index in [1.165, 1.54) is 33.6 Å². The molecule has 2 nitrogen and oxygen atoms in total. The summed E-state index contributed by atoms with van der Waals surface area (Å²) in [6.07, 6.45) is 0. The summed E-state index contributed by atoms with van der Waals surface area (Å²) < 4.78 is 0. The van der Waals surface area contributed by atoms with Gasteiger partial charge in [-0.2, -0.15) is 0 Å². The Hall–Kier alpha value is -2.22. The summed E-state index contributed by atoms with van der Waals surface area (Å²) in [5.41, 5.74) is 7.50. The lowest BCUT2D eigenvalue weighted by molar-refractivity contribution is 1.21. The number of rotatable bonds is 6. The molecule has 2 heteroatoms. The van der Waals surface area contributed by atoms with Gasteiger partial charge in [-0.1, -0.05) is 29.8 Å². The Morgan fingerprint density at radius 3 is 1.32 bits per heavy atom. The maximum atomic E-state index is 3.34. The van der Waals surface area contributed by atoms with Gasteiger partial charge in [-0.05, 0) is 68.7 Å². The van der Waals surface area contributed by atoms with Crippen LogP contribution in [0, 0.1) is 0 Å². The summed E-state index contributed by atoms with van der Waals surface area (Å²) in [7, 11) is 0. The molecule has 116 valence electrons. The van der Waals surface area contributed by atoms with Crippen LogP contribution < -0.4 is 10.6 Å². The third-order valence-corrected chi connectivity index (χ3v) is 3.61. The maximum Gasteiger partial charge on any atom is 0.0340 e. The largest absolute Gasteiger partial charge is 0.385 e. The molecule has 0 saturated carbocycles. The lowest BCUT2D eigenvalue weighted by Gasteiger charge is -2.13. The van der Waals surface area contributed by atoms with Crippen LogP contribution in [-0.2, 0) is 0 Å². The van der Waals surface area contributed by atoms with Crippen LogP contribution in [0.5, 0.6) is 0 Å². The van der Waals surface area contributed by atoms with Gasteiger partial charge in [-0.15, -0.1) is 0 Å². The molecule has 2 aromatic rings. The van der Waals surface area contributed by atoms with Crippen molar-refractivity contribution in [2.45, 2.75) is 27.7 Å². The lowest BCUT2D eigenvalue weighted by atomic mass is 9.94. The fourth-order valence-electron chi connectivity index (χ4n) is 2.66. The molecule has 0 aliphatic carbocycles. The molecule has 2 N–H and O–H groups in total. The van der Waals surface area contributed by atoms with E-state index in [0.29, 0.717) is 0 Å². The summed E-state index contributed by atoms with van der Waals surface area (Å²) in [4.78, 5) is 0. The van der Waals surface area contributed by atoms with Gasteiger partial charge in [0.25, 0.3) is 0 Å². The molecule has 22 heavy (non-hydrogen) atoms. The van der Waals surface area contributed by atoms with E-state index < -0.39 is 0 Å². The van der Waals surface area contributed by atoms with E-state index in [2.05, 4.69) is 86.9 Å². The number of nitrogens with one attached hydrogen (secondary N) is 2. The van der Waals surface area contributed by atoms with Gasteiger partial charge >= 0.3 is 0 Å². The van der Waals surface area contributed by atoms with Crippen LogP contribution in [0.25, 0.3) is 5.57 Å². The van der Waals surface area contributed by atoms with E-state index in [0.717, 1.165) is 13.1 Å². The van der Waals surface area contributed by atoms with E-state index in [1.807, 2.05) is 0 Å². The zero-order valence-electron chi connectivity index (χ0n) is 14.0. The molecule has 0 aromatic heterocycles. The average Bonchev–Trinajstić information content (AvgIpc) is 2.51. The van der Waals surface area contributed by atoms with Gasteiger partial charge in [-0.25, -0.2) is 0 Å². The van der Waals surface area contributed by atoms with Gasteiger partial charge in [0.2, 0.25) is 0 Å². The molecule has 0 spiro atoms. The Morgan fingerprint density at radius 2 is 1.05 bits per heavy atom. The van der Waals surface area contributed by atoms with Gasteiger partial charge in [0.15, 0.2) is 0 Å². The minimum Gasteiger partial charge on any atom is -0.385 e. The average molecular weight is 294 g/mol. The molecular formula is C20H26N2. The quantitative estimate of drug-likeness (QED) is 0.746. The molecule has 2 rings (SSSR count). The number of benzene rings is 2. The molecule has 0 fully saturated rings. The second-order valence-corrected chi connectivity index (χ2v) is 5.59. The van der Waals surface area contributed by atoms with Crippen molar-refractivity contribution >= 4 is 16.9 Å². The predicted octanol–water partition coefficient (Wildman–Crippen LogP) is 5.39. The second-order valence-electron chi connectivity index (χ2n) is 5.59. The molecule has 0 amide bonds. The summed E-state index contributed by atoms with van der Waals surface area (Å²) in [5.74, 6) is 0. The molecular weight excluding hydrogens is 268 g/mol. The minimum atomic E-state index is 0.945. The van der Waals surface area contributed by atoms with Crippen LogP contribution in [0.2, 0.25) is 0 Å². The molecule has 0 saturated heterocycles. The molecule has 2 aromatic carbocycles. The smallest absolute Gasteiger partial charge is 0.0340 e. The summed E-state index contributed by atoms with van der Waals surface area (Å²) in [6, 6.07) is 17.4. The Bertz CT molecular complexity index is 566. The minimum absolute atomic E-state index is 0.945. The molecule has 0 radical (unpaired) electrons. The first-order valence-electron chi connectivity index (χ1n) is 8.01. The number of hydrogen-bond acceptors (Lipinski definition) is 2. The third-order valence-electron chi connectivity index (χ3n) is 3.61. The van der Waals surface area contributed by atoms with Crippen molar-refractivity contribution in [1.29, 1.82) is 0 Å². The molecule has 0 heterocycles. The summed E-state index contributed by atoms with van der Waals surface area (Å²) in [5, 5.41) is 6.68. The van der Waals surface area contributed by atoms with Crippen molar-refractivity contribution in [3.63, 3.8) is 0 Å². The molecule has 0 aliphatic heterocycles. The van der Waals surface area contributed by atoms with E-state index in [-0.39, 0.29) is 0 Å². The number of allylic oxidation sites excluding steroid dienone is 1. The van der Waals surface area contributed by atoms with Crippen LogP contribution in [0.3, 0.4) is 0 Å². The first kappa shape index (κ1) is 16.2. The summed E-state index contributed by atoms with van der Waals surface area (Å²) in [6.45, 7) is 10.5. The Morgan fingerprint density at radius 1 is 0.682 bits per heavy atom. The van der Waals surface area contributed by atoms with E-state index in [4.69, 9.17) is 0 Å². The first-order valence-corrected chi connectivity index (χ1v) is 8.01. The Balaban J connectivity index is 2.32. The highest BCUT2D eigenvalue weighted by molar-refractivity contribution is 5.82. The van der Waals surface area contributed by atoms with Crippen molar-refractivity contribution in [3.05, 3.63) is 65.2 Å². The topological polar surface area (TPSA) is 24.1 Å². The standard InChI is InChI=1S/C20H26N2/c1-5-21-18-11-7-16(8-12-18)20(15(3)4)17-9-13-19(14-10-17)22-6-2/h7-14,21-22H,5-6H2,1-4H3. The molecule has 0 bridgehead atoms. The van der Waals surface area contributed by atoms with Crippen molar-refractivity contribution in [3.8, 4) is 0 Å². The van der Waals surface area contributed by atoms with Gasteiger partial charge in [0.1, 0.15) is 0 Å². The number of hydrogen-bond donors (Lipinski definition) is 2. The Labute approximate surface area is 134 Å². The monoisotopic (exact) mass is 294 g/mol. The zero-order valence-corrected chi connectivity index (χ0v) is 14.0. The summed E-state index contributed by atoms with van der Waals surface area (Å²) >= 11 is 0. The zero-order chi connectivity index (χ0) is 15.9. The van der Waals surface area contributed by atoms with Gasteiger partial charge in [0.05, 0.1) is 0 Å². The van der Waals surface area contributed by atoms with Crippen LogP contribution >= 0.6 is 0 Å². The van der Waals surface area contributed by atoms with Gasteiger partial charge in [0, 0.05) is 24.5 Å². The normalized spacial score (nSPS) is 10.2. The van der Waals surface area contributed by atoms with Gasteiger partial charge in [-0.3, -0.25) is 0 Å². The first-order chi connectivity index (χ1) is 10.7. The highest BCUT2D eigenvalue weighted by atomic mass is 14.8. The van der Waals surface area contributed by atoms with E-state index in [1.54, 1.807) is 0 Å². The van der Waals surface area contributed by atoms with E-state index in [9.17, 15) is 0 Å². The van der Waals surface area contributed by atoms with Gasteiger partial charge < -0.3 is 10.6 Å². The highest BCUT2D eigenvalue weighted by Gasteiger charge is 2.07. The maximum absolute atomic E-state index is 3.34. The molecule has 0 aliphatic rings. The Kier molecular flexibility index (Phi) is 5.65. The highest BCUT2D eigenvalue weighted by Crippen LogP contribution is 2.28. The van der Waals surface area contributed by atoms with E-state index >= 15 is 0 Å². The van der Waals surface area contributed by atoms with Crippen molar-refractivity contribution in [2.75, 3.05) is 23.7 Å². The molecule has 0 unspecified atom stereocenters. The fraction of sp³-hybridized carbons (Fsp3) is 0.300. The fourth-order valence-corrected chi connectivity index (χ4v) is 2.66. The van der Waals surface area contributed by atoms with Crippen molar-refractivity contribution in [2.24, 2.45) is 0 Å². The second kappa shape index (κ2) is 7.69. The van der Waals surface area contributed by atoms with Crippen molar-refractivity contribution in [1.82, 2.24) is 0 Å². The third kappa shape index (κ3) is 3.91. The number of anilines is 2.